The van der Waals surface area contributed by atoms with Crippen LogP contribution in [0.15, 0.2) is 24.3 Å². The molecule has 1 atom stereocenters. The average molecular weight is 302 g/mol. The quantitative estimate of drug-likeness (QED) is 0.809. The van der Waals surface area contributed by atoms with E-state index < -0.39 is 17.4 Å². The van der Waals surface area contributed by atoms with Crippen molar-refractivity contribution in [2.45, 2.75) is 19.3 Å². The molecule has 9 heteroatoms. The van der Waals surface area contributed by atoms with Crippen LogP contribution in [0.1, 0.15) is 12.7 Å². The molecule has 0 N–H and O–H groups in total. The molecular formula is C11H12F2N4O2S. The first-order valence-electron chi connectivity index (χ1n) is 5.77. The number of halogens is 2. The molecule has 2 aromatic rings. The van der Waals surface area contributed by atoms with Crippen LogP contribution in [-0.4, -0.2) is 36.8 Å². The number of nitrogens with zero attached hydrogens (tertiary/aromatic N) is 4. The number of benzene rings is 1. The smallest absolute Gasteiger partial charge is 0.387 e. The van der Waals surface area contributed by atoms with E-state index >= 15 is 0 Å². The summed E-state index contributed by atoms with van der Waals surface area (Å²) in [5, 5.41) is 11.1. The van der Waals surface area contributed by atoms with Gasteiger partial charge in [0.15, 0.2) is 5.82 Å². The molecule has 20 heavy (non-hydrogen) atoms. The van der Waals surface area contributed by atoms with Crippen molar-refractivity contribution < 1.29 is 17.7 Å². The molecule has 1 heterocycles. The normalized spacial score (nSPS) is 12.6. The fraction of sp³-hybridized carbons (Fsp3) is 0.364. The van der Waals surface area contributed by atoms with Crippen molar-refractivity contribution >= 4 is 10.8 Å². The third kappa shape index (κ3) is 3.56. The van der Waals surface area contributed by atoms with E-state index in [0.29, 0.717) is 17.3 Å². The van der Waals surface area contributed by atoms with Crippen molar-refractivity contribution in [2.24, 2.45) is 0 Å². The number of hydrogen-bond donors (Lipinski definition) is 0. The van der Waals surface area contributed by atoms with E-state index in [1.54, 1.807) is 19.1 Å². The zero-order chi connectivity index (χ0) is 14.5. The van der Waals surface area contributed by atoms with Gasteiger partial charge in [-0.05, 0) is 34.7 Å². The summed E-state index contributed by atoms with van der Waals surface area (Å²) >= 11 is 0. The summed E-state index contributed by atoms with van der Waals surface area (Å²) in [6.45, 7) is -1.06. The second kappa shape index (κ2) is 6.51. The van der Waals surface area contributed by atoms with E-state index in [0.717, 1.165) is 0 Å². The Morgan fingerprint density at radius 1 is 1.35 bits per heavy atom. The lowest BCUT2D eigenvalue weighted by molar-refractivity contribution is -0.0498. The molecule has 0 aliphatic rings. The summed E-state index contributed by atoms with van der Waals surface area (Å²) in [5.41, 5.74) is 0.583. The van der Waals surface area contributed by atoms with Crippen molar-refractivity contribution in [1.82, 2.24) is 20.2 Å². The molecule has 0 aliphatic heterocycles. The van der Waals surface area contributed by atoms with Crippen LogP contribution in [0.5, 0.6) is 5.75 Å². The highest BCUT2D eigenvalue weighted by atomic mass is 32.2. The Morgan fingerprint density at radius 3 is 2.65 bits per heavy atom. The predicted octanol–water partition coefficient (Wildman–Crippen LogP) is 1.53. The van der Waals surface area contributed by atoms with Crippen molar-refractivity contribution in [2.75, 3.05) is 5.75 Å². The van der Waals surface area contributed by atoms with Gasteiger partial charge in [0, 0.05) is 16.6 Å². The van der Waals surface area contributed by atoms with Crippen molar-refractivity contribution in [3.05, 3.63) is 30.1 Å². The maximum atomic E-state index is 12.0. The van der Waals surface area contributed by atoms with Gasteiger partial charge >= 0.3 is 6.61 Å². The summed E-state index contributed by atoms with van der Waals surface area (Å²) in [5.74, 6) is 1.25. The fourth-order valence-corrected chi connectivity index (χ4v) is 2.18. The highest BCUT2D eigenvalue weighted by Gasteiger charge is 2.11. The van der Waals surface area contributed by atoms with Gasteiger partial charge in [0.25, 0.3) is 0 Å². The van der Waals surface area contributed by atoms with Gasteiger partial charge in [-0.25, -0.2) is 0 Å². The third-order valence-corrected chi connectivity index (χ3v) is 3.68. The van der Waals surface area contributed by atoms with E-state index in [1.165, 1.54) is 16.8 Å². The van der Waals surface area contributed by atoms with Gasteiger partial charge in [-0.1, -0.05) is 6.92 Å². The zero-order valence-corrected chi connectivity index (χ0v) is 11.4. The maximum absolute atomic E-state index is 12.0. The van der Waals surface area contributed by atoms with Crippen LogP contribution in [0, 0.1) is 0 Å². The number of rotatable bonds is 6. The van der Waals surface area contributed by atoms with Gasteiger partial charge in [0.05, 0.1) is 11.4 Å². The Hall–Kier alpha value is -1.90. The summed E-state index contributed by atoms with van der Waals surface area (Å²) in [7, 11) is -1.04. The molecule has 0 spiro atoms. The summed E-state index contributed by atoms with van der Waals surface area (Å²) < 4.78 is 41.3. The largest absolute Gasteiger partial charge is 0.435 e. The molecule has 0 saturated heterocycles. The molecule has 1 aromatic carbocycles. The van der Waals surface area contributed by atoms with Crippen LogP contribution < -0.4 is 4.74 Å². The molecule has 1 aromatic heterocycles. The Balaban J connectivity index is 2.19. The Labute approximate surface area is 116 Å². The topological polar surface area (TPSA) is 69.9 Å². The second-order valence-electron chi connectivity index (χ2n) is 3.75. The fourth-order valence-electron chi connectivity index (χ4n) is 1.51. The van der Waals surface area contributed by atoms with Crippen LogP contribution in [0.4, 0.5) is 8.78 Å². The summed E-state index contributed by atoms with van der Waals surface area (Å²) in [6, 6.07) is 5.88. The highest BCUT2D eigenvalue weighted by Crippen LogP contribution is 2.17. The van der Waals surface area contributed by atoms with Gasteiger partial charge in [-0.15, -0.1) is 5.10 Å². The van der Waals surface area contributed by atoms with E-state index in [2.05, 4.69) is 20.3 Å². The number of ether oxygens (including phenoxy) is 1. The van der Waals surface area contributed by atoms with Crippen molar-refractivity contribution in [1.29, 1.82) is 0 Å². The highest BCUT2D eigenvalue weighted by molar-refractivity contribution is 7.84. The molecule has 0 fully saturated rings. The minimum Gasteiger partial charge on any atom is -0.435 e. The number of aromatic nitrogens is 4. The Morgan fingerprint density at radius 2 is 2.05 bits per heavy atom. The molecule has 0 aliphatic carbocycles. The SMILES string of the molecule is CC[S@@](=O)Cc1nnnn1-c1ccc(OC(F)F)cc1. The lowest BCUT2D eigenvalue weighted by Crippen LogP contribution is -2.07. The van der Waals surface area contributed by atoms with E-state index in [4.69, 9.17) is 0 Å². The van der Waals surface area contributed by atoms with Crippen LogP contribution in [0.3, 0.4) is 0 Å². The van der Waals surface area contributed by atoms with Gasteiger partial charge in [0.2, 0.25) is 0 Å². The van der Waals surface area contributed by atoms with Gasteiger partial charge in [0.1, 0.15) is 5.75 Å². The minimum atomic E-state index is -2.86. The van der Waals surface area contributed by atoms with Crippen molar-refractivity contribution in [3.8, 4) is 11.4 Å². The van der Waals surface area contributed by atoms with Gasteiger partial charge < -0.3 is 4.74 Å². The number of alkyl halides is 2. The third-order valence-electron chi connectivity index (χ3n) is 2.45. The zero-order valence-electron chi connectivity index (χ0n) is 10.6. The van der Waals surface area contributed by atoms with E-state index in [9.17, 15) is 13.0 Å². The van der Waals surface area contributed by atoms with Gasteiger partial charge in [-0.2, -0.15) is 13.5 Å². The lowest BCUT2D eigenvalue weighted by Gasteiger charge is -2.06. The maximum Gasteiger partial charge on any atom is 0.387 e. The first-order chi connectivity index (χ1) is 9.60. The number of tetrazole rings is 1. The molecule has 0 unspecified atom stereocenters. The first kappa shape index (κ1) is 14.5. The summed E-state index contributed by atoms with van der Waals surface area (Å²) in [6.07, 6.45) is 0. The standard InChI is InChI=1S/C11H12F2N4O2S/c1-2-20(18)7-10-14-15-16-17(10)8-3-5-9(6-4-8)19-11(12)13/h3-6,11H,2,7H2,1H3/t20-/m1/s1. The van der Waals surface area contributed by atoms with Crippen LogP contribution in [0.25, 0.3) is 5.69 Å². The average Bonchev–Trinajstić information content (AvgIpc) is 2.87. The molecule has 108 valence electrons. The minimum absolute atomic E-state index is 0.0514. The van der Waals surface area contributed by atoms with Crippen LogP contribution >= 0.6 is 0 Å². The first-order valence-corrected chi connectivity index (χ1v) is 7.26. The van der Waals surface area contributed by atoms with E-state index in [-0.39, 0.29) is 11.5 Å². The number of hydrogen-bond acceptors (Lipinski definition) is 5. The molecule has 0 bridgehead atoms. The molecule has 0 radical (unpaired) electrons. The second-order valence-corrected chi connectivity index (χ2v) is 5.50. The van der Waals surface area contributed by atoms with Crippen LogP contribution in [-0.2, 0) is 16.6 Å². The van der Waals surface area contributed by atoms with E-state index in [1.807, 2.05) is 0 Å². The molecular weight excluding hydrogens is 290 g/mol. The molecule has 0 saturated carbocycles. The Kier molecular flexibility index (Phi) is 4.72. The molecule has 6 nitrogen and oxygen atoms in total. The lowest BCUT2D eigenvalue weighted by atomic mass is 10.3. The predicted molar refractivity (Wildman–Crippen MR) is 68.2 cm³/mol. The monoisotopic (exact) mass is 302 g/mol. The van der Waals surface area contributed by atoms with Gasteiger partial charge in [-0.3, -0.25) is 4.21 Å². The Bertz CT molecular complexity index is 588. The van der Waals surface area contributed by atoms with Crippen LogP contribution in [0.2, 0.25) is 0 Å². The summed E-state index contributed by atoms with van der Waals surface area (Å²) in [4.78, 5) is 0. The van der Waals surface area contributed by atoms with Crippen molar-refractivity contribution in [3.63, 3.8) is 0 Å². The molecule has 2 rings (SSSR count). The molecule has 0 amide bonds.